The standard InChI is InChI=1S/C14H28O3Si/c1-6-14(15)17-13(3)11-9-8-10-12-18(4,5)16-7-2/h6,13H,1,7-12H2,2-5H3. The van der Waals surface area contributed by atoms with Crippen LogP contribution in [0.25, 0.3) is 0 Å². The third-order valence-electron chi connectivity index (χ3n) is 2.91. The molecule has 0 aromatic rings. The maximum Gasteiger partial charge on any atom is 0.330 e. The van der Waals surface area contributed by atoms with Crippen molar-refractivity contribution in [2.75, 3.05) is 6.61 Å². The molecule has 3 nitrogen and oxygen atoms in total. The Labute approximate surface area is 113 Å². The zero-order valence-corrected chi connectivity index (χ0v) is 13.3. The molecule has 0 aliphatic rings. The molecule has 106 valence electrons. The van der Waals surface area contributed by atoms with Crippen LogP contribution in [0.3, 0.4) is 0 Å². The van der Waals surface area contributed by atoms with Crippen molar-refractivity contribution in [3.63, 3.8) is 0 Å². The van der Waals surface area contributed by atoms with E-state index in [1.165, 1.54) is 25.0 Å². The molecule has 0 heterocycles. The zero-order valence-electron chi connectivity index (χ0n) is 12.3. The summed E-state index contributed by atoms with van der Waals surface area (Å²) in [5.41, 5.74) is 0. The summed E-state index contributed by atoms with van der Waals surface area (Å²) in [6, 6.07) is 1.21. The van der Waals surface area contributed by atoms with Gasteiger partial charge in [-0.3, -0.25) is 0 Å². The van der Waals surface area contributed by atoms with E-state index in [2.05, 4.69) is 26.6 Å². The second kappa shape index (κ2) is 9.33. The molecule has 0 aliphatic carbocycles. The Hall–Kier alpha value is -0.613. The monoisotopic (exact) mass is 272 g/mol. The first-order chi connectivity index (χ1) is 8.41. The summed E-state index contributed by atoms with van der Waals surface area (Å²) in [5, 5.41) is 0. The van der Waals surface area contributed by atoms with Gasteiger partial charge in [0.25, 0.3) is 0 Å². The second-order valence-electron chi connectivity index (χ2n) is 5.24. The Bertz CT molecular complexity index is 251. The highest BCUT2D eigenvalue weighted by Gasteiger charge is 2.20. The Kier molecular flexibility index (Phi) is 9.02. The fourth-order valence-electron chi connectivity index (χ4n) is 1.93. The summed E-state index contributed by atoms with van der Waals surface area (Å²) in [6.45, 7) is 12.7. The Morgan fingerprint density at radius 3 is 2.56 bits per heavy atom. The van der Waals surface area contributed by atoms with E-state index >= 15 is 0 Å². The van der Waals surface area contributed by atoms with Crippen LogP contribution in [0.15, 0.2) is 12.7 Å². The van der Waals surface area contributed by atoms with E-state index in [1.54, 1.807) is 0 Å². The van der Waals surface area contributed by atoms with Crippen molar-refractivity contribution in [3.05, 3.63) is 12.7 Å². The highest BCUT2D eigenvalue weighted by Crippen LogP contribution is 2.17. The molecule has 0 N–H and O–H groups in total. The normalized spacial score (nSPS) is 13.1. The first-order valence-corrected chi connectivity index (χ1v) is 10.00. The van der Waals surface area contributed by atoms with Crippen molar-refractivity contribution >= 4 is 14.3 Å². The third-order valence-corrected chi connectivity index (χ3v) is 5.54. The van der Waals surface area contributed by atoms with E-state index in [9.17, 15) is 4.79 Å². The van der Waals surface area contributed by atoms with Gasteiger partial charge in [0.2, 0.25) is 0 Å². The van der Waals surface area contributed by atoms with Crippen LogP contribution >= 0.6 is 0 Å². The topological polar surface area (TPSA) is 35.5 Å². The van der Waals surface area contributed by atoms with Gasteiger partial charge in [0, 0.05) is 12.7 Å². The molecule has 1 atom stereocenters. The van der Waals surface area contributed by atoms with Crippen LogP contribution in [-0.4, -0.2) is 27.0 Å². The molecule has 1 unspecified atom stereocenters. The predicted molar refractivity (Wildman–Crippen MR) is 78.1 cm³/mol. The van der Waals surface area contributed by atoms with Gasteiger partial charge in [-0.1, -0.05) is 19.4 Å². The van der Waals surface area contributed by atoms with Crippen LogP contribution in [0.1, 0.15) is 39.5 Å². The van der Waals surface area contributed by atoms with Crippen LogP contribution in [0.5, 0.6) is 0 Å². The molecule has 0 fully saturated rings. The van der Waals surface area contributed by atoms with E-state index in [-0.39, 0.29) is 12.1 Å². The minimum absolute atomic E-state index is 0.00681. The maximum atomic E-state index is 11.0. The fourth-order valence-corrected chi connectivity index (χ4v) is 3.95. The molecule has 18 heavy (non-hydrogen) atoms. The van der Waals surface area contributed by atoms with Crippen molar-refractivity contribution in [3.8, 4) is 0 Å². The van der Waals surface area contributed by atoms with Gasteiger partial charge in [-0.25, -0.2) is 4.79 Å². The summed E-state index contributed by atoms with van der Waals surface area (Å²) < 4.78 is 10.9. The lowest BCUT2D eigenvalue weighted by Crippen LogP contribution is -2.29. The number of carbonyl (C=O) groups is 1. The predicted octanol–water partition coefficient (Wildman–Crippen LogP) is 3.91. The second-order valence-corrected chi connectivity index (χ2v) is 9.55. The number of hydrogen-bond donors (Lipinski definition) is 0. The molecular formula is C14H28O3Si. The SMILES string of the molecule is C=CC(=O)OC(C)CCCCC[Si](C)(C)OCC. The number of unbranched alkanes of at least 4 members (excludes halogenated alkanes) is 2. The summed E-state index contributed by atoms with van der Waals surface area (Å²) in [4.78, 5) is 11.0. The van der Waals surface area contributed by atoms with Crippen molar-refractivity contribution in [2.24, 2.45) is 0 Å². The summed E-state index contributed by atoms with van der Waals surface area (Å²) in [6.07, 6.45) is 5.62. The Morgan fingerprint density at radius 1 is 1.33 bits per heavy atom. The highest BCUT2D eigenvalue weighted by atomic mass is 28.4. The number of rotatable bonds is 10. The largest absolute Gasteiger partial charge is 0.460 e. The maximum absolute atomic E-state index is 11.0. The lowest BCUT2D eigenvalue weighted by atomic mass is 10.1. The van der Waals surface area contributed by atoms with Crippen LogP contribution in [0, 0.1) is 0 Å². The zero-order chi connectivity index (χ0) is 14.0. The van der Waals surface area contributed by atoms with E-state index in [1.807, 2.05) is 6.92 Å². The third kappa shape index (κ3) is 9.42. The molecule has 0 saturated heterocycles. The van der Waals surface area contributed by atoms with Gasteiger partial charge in [-0.15, -0.1) is 0 Å². The molecule has 0 aromatic carbocycles. The van der Waals surface area contributed by atoms with Crippen LogP contribution in [0.2, 0.25) is 19.1 Å². The molecule has 0 bridgehead atoms. The molecule has 0 saturated carbocycles. The molecule has 0 amide bonds. The van der Waals surface area contributed by atoms with Gasteiger partial charge in [0.15, 0.2) is 8.32 Å². The summed E-state index contributed by atoms with van der Waals surface area (Å²) in [5.74, 6) is -0.326. The van der Waals surface area contributed by atoms with E-state index in [0.29, 0.717) is 0 Å². The van der Waals surface area contributed by atoms with Gasteiger partial charge >= 0.3 is 5.97 Å². The lowest BCUT2D eigenvalue weighted by molar-refractivity contribution is -0.142. The number of hydrogen-bond acceptors (Lipinski definition) is 3. The van der Waals surface area contributed by atoms with Gasteiger partial charge < -0.3 is 9.16 Å². The summed E-state index contributed by atoms with van der Waals surface area (Å²) in [7, 11) is -1.41. The molecule has 0 radical (unpaired) electrons. The molecule has 0 aromatic heterocycles. The molecule has 4 heteroatoms. The van der Waals surface area contributed by atoms with E-state index < -0.39 is 8.32 Å². The van der Waals surface area contributed by atoms with Gasteiger partial charge in [0.1, 0.15) is 0 Å². The number of carbonyl (C=O) groups excluding carboxylic acids is 1. The minimum atomic E-state index is -1.41. The molecule has 0 rings (SSSR count). The van der Waals surface area contributed by atoms with E-state index in [0.717, 1.165) is 19.4 Å². The molecular weight excluding hydrogens is 244 g/mol. The van der Waals surface area contributed by atoms with Crippen LogP contribution < -0.4 is 0 Å². The Morgan fingerprint density at radius 2 is 2.00 bits per heavy atom. The van der Waals surface area contributed by atoms with Crippen molar-refractivity contribution in [1.82, 2.24) is 0 Å². The Balaban J connectivity index is 3.56. The first kappa shape index (κ1) is 17.4. The summed E-state index contributed by atoms with van der Waals surface area (Å²) >= 11 is 0. The first-order valence-electron chi connectivity index (χ1n) is 6.88. The highest BCUT2D eigenvalue weighted by molar-refractivity contribution is 6.71. The van der Waals surface area contributed by atoms with Crippen LogP contribution in [0.4, 0.5) is 0 Å². The van der Waals surface area contributed by atoms with Gasteiger partial charge in [0.05, 0.1) is 6.10 Å². The lowest BCUT2D eigenvalue weighted by Gasteiger charge is -2.21. The minimum Gasteiger partial charge on any atom is -0.460 e. The average molecular weight is 272 g/mol. The average Bonchev–Trinajstić information content (AvgIpc) is 2.28. The molecule has 0 aliphatic heterocycles. The van der Waals surface area contributed by atoms with Crippen molar-refractivity contribution in [1.29, 1.82) is 0 Å². The van der Waals surface area contributed by atoms with Crippen molar-refractivity contribution < 1.29 is 14.0 Å². The van der Waals surface area contributed by atoms with Crippen molar-refractivity contribution in [2.45, 2.75) is 64.8 Å². The quantitative estimate of drug-likeness (QED) is 0.262. The van der Waals surface area contributed by atoms with Gasteiger partial charge in [-0.2, -0.15) is 0 Å². The molecule has 0 spiro atoms. The number of ether oxygens (including phenoxy) is 1. The fraction of sp³-hybridized carbons (Fsp3) is 0.786. The van der Waals surface area contributed by atoms with Crippen LogP contribution in [-0.2, 0) is 14.0 Å². The number of esters is 1. The van der Waals surface area contributed by atoms with Gasteiger partial charge in [-0.05, 0) is 45.8 Å². The smallest absolute Gasteiger partial charge is 0.330 e. The van der Waals surface area contributed by atoms with E-state index in [4.69, 9.17) is 9.16 Å².